The fourth-order valence-corrected chi connectivity index (χ4v) is 3.76. The van der Waals surface area contributed by atoms with Gasteiger partial charge in [-0.25, -0.2) is 19.9 Å². The number of hydrogen-bond acceptors (Lipinski definition) is 7. The van der Waals surface area contributed by atoms with Crippen LogP contribution in [0.15, 0.2) is 37.1 Å². The molecule has 1 N–H and O–H groups in total. The Balaban J connectivity index is 1.36. The zero-order valence-electron chi connectivity index (χ0n) is 14.5. The number of hydrogen-bond donors (Lipinski definition) is 1. The van der Waals surface area contributed by atoms with Crippen LogP contribution in [0.3, 0.4) is 0 Å². The molecule has 0 unspecified atom stereocenters. The molecule has 2 aliphatic heterocycles. The zero-order chi connectivity index (χ0) is 17.8. The SMILES string of the molecule is O=C(c1ccncn1)N1CC[C@]2(CCC[C@H](CNc3ncccn3)O2)C1. The van der Waals surface area contributed by atoms with E-state index in [0.29, 0.717) is 31.3 Å². The Hall–Kier alpha value is -2.61. The van der Waals surface area contributed by atoms with Crippen LogP contribution in [0.5, 0.6) is 0 Å². The number of nitrogens with one attached hydrogen (secondary N) is 1. The van der Waals surface area contributed by atoms with Crippen molar-refractivity contribution in [2.75, 3.05) is 25.0 Å². The summed E-state index contributed by atoms with van der Waals surface area (Å²) < 4.78 is 6.43. The summed E-state index contributed by atoms with van der Waals surface area (Å²) in [6.45, 7) is 1.99. The maximum atomic E-state index is 12.6. The van der Waals surface area contributed by atoms with Crippen LogP contribution < -0.4 is 5.32 Å². The lowest BCUT2D eigenvalue weighted by molar-refractivity contribution is -0.114. The summed E-state index contributed by atoms with van der Waals surface area (Å²) in [5.74, 6) is 0.563. The molecule has 2 aromatic heterocycles. The van der Waals surface area contributed by atoms with Gasteiger partial charge < -0.3 is 15.0 Å². The van der Waals surface area contributed by atoms with Crippen molar-refractivity contribution in [3.05, 3.63) is 42.7 Å². The lowest BCUT2D eigenvalue weighted by atomic mass is 9.90. The standard InChI is InChI=1S/C18H22N6O2/c25-16(15-4-9-19-13-23-15)24-10-6-18(12-24)5-1-3-14(26-18)11-22-17-20-7-2-8-21-17/h2,4,7-9,13-14H,1,3,5-6,10-12H2,(H,20,21,22)/t14-,18-/m1/s1. The van der Waals surface area contributed by atoms with E-state index < -0.39 is 0 Å². The first kappa shape index (κ1) is 16.8. The summed E-state index contributed by atoms with van der Waals surface area (Å²) in [5.41, 5.74) is 0.192. The Morgan fingerprint density at radius 1 is 1.27 bits per heavy atom. The average molecular weight is 354 g/mol. The molecule has 0 aliphatic carbocycles. The van der Waals surface area contributed by atoms with Gasteiger partial charge in [0.2, 0.25) is 5.95 Å². The first-order valence-corrected chi connectivity index (χ1v) is 8.98. The van der Waals surface area contributed by atoms with Crippen molar-refractivity contribution in [1.29, 1.82) is 0 Å². The molecule has 1 amide bonds. The second kappa shape index (κ2) is 7.33. The molecule has 2 saturated heterocycles. The normalized spacial score (nSPS) is 25.4. The summed E-state index contributed by atoms with van der Waals surface area (Å²) in [6.07, 6.45) is 10.5. The van der Waals surface area contributed by atoms with Crippen LogP contribution in [-0.2, 0) is 4.74 Å². The second-order valence-electron chi connectivity index (χ2n) is 6.84. The van der Waals surface area contributed by atoms with Gasteiger partial charge >= 0.3 is 0 Å². The van der Waals surface area contributed by atoms with Gasteiger partial charge in [-0.15, -0.1) is 0 Å². The third-order valence-electron chi connectivity index (χ3n) is 5.03. The summed E-state index contributed by atoms with van der Waals surface area (Å²) in [4.78, 5) is 30.8. The van der Waals surface area contributed by atoms with E-state index in [1.807, 2.05) is 4.90 Å². The minimum Gasteiger partial charge on any atom is -0.368 e. The van der Waals surface area contributed by atoms with E-state index in [9.17, 15) is 4.79 Å². The Kier molecular flexibility index (Phi) is 4.75. The highest BCUT2D eigenvalue weighted by atomic mass is 16.5. The molecule has 2 fully saturated rings. The molecule has 2 aliphatic rings. The molecular weight excluding hydrogens is 332 g/mol. The second-order valence-corrected chi connectivity index (χ2v) is 6.84. The van der Waals surface area contributed by atoms with E-state index in [2.05, 4.69) is 25.3 Å². The minimum absolute atomic E-state index is 0.0502. The van der Waals surface area contributed by atoms with Gasteiger partial charge in [-0.3, -0.25) is 4.79 Å². The van der Waals surface area contributed by atoms with Crippen molar-refractivity contribution in [3.63, 3.8) is 0 Å². The number of amides is 1. The summed E-state index contributed by atoms with van der Waals surface area (Å²) in [5, 5.41) is 3.24. The van der Waals surface area contributed by atoms with Gasteiger partial charge in [-0.2, -0.15) is 0 Å². The van der Waals surface area contributed by atoms with Gasteiger partial charge in [0.1, 0.15) is 12.0 Å². The molecule has 0 aromatic carbocycles. The number of ether oxygens (including phenoxy) is 1. The number of nitrogens with zero attached hydrogens (tertiary/aromatic N) is 5. The number of likely N-dealkylation sites (tertiary alicyclic amines) is 1. The quantitative estimate of drug-likeness (QED) is 0.890. The van der Waals surface area contributed by atoms with Crippen molar-refractivity contribution in [2.24, 2.45) is 0 Å². The summed E-state index contributed by atoms with van der Waals surface area (Å²) >= 11 is 0. The molecular formula is C18H22N6O2. The molecule has 0 bridgehead atoms. The zero-order valence-corrected chi connectivity index (χ0v) is 14.5. The fraction of sp³-hybridized carbons (Fsp3) is 0.500. The number of rotatable bonds is 4. The fourth-order valence-electron chi connectivity index (χ4n) is 3.76. The highest BCUT2D eigenvalue weighted by molar-refractivity contribution is 5.92. The predicted octanol–water partition coefficient (Wildman–Crippen LogP) is 1.53. The Morgan fingerprint density at radius 3 is 2.96 bits per heavy atom. The highest BCUT2D eigenvalue weighted by Crippen LogP contribution is 2.37. The van der Waals surface area contributed by atoms with E-state index in [4.69, 9.17) is 4.74 Å². The number of anilines is 1. The van der Waals surface area contributed by atoms with Gasteiger partial charge in [-0.1, -0.05) is 0 Å². The van der Waals surface area contributed by atoms with Crippen LogP contribution in [0, 0.1) is 0 Å². The summed E-state index contributed by atoms with van der Waals surface area (Å²) in [7, 11) is 0. The number of carbonyl (C=O) groups excluding carboxylic acids is 1. The maximum Gasteiger partial charge on any atom is 0.272 e. The molecule has 136 valence electrons. The molecule has 0 saturated carbocycles. The predicted molar refractivity (Wildman–Crippen MR) is 94.5 cm³/mol. The van der Waals surface area contributed by atoms with Crippen molar-refractivity contribution in [3.8, 4) is 0 Å². The molecule has 2 atom stereocenters. The average Bonchev–Trinajstić information content (AvgIpc) is 3.10. The van der Waals surface area contributed by atoms with E-state index in [-0.39, 0.29) is 17.6 Å². The summed E-state index contributed by atoms with van der Waals surface area (Å²) in [6, 6.07) is 3.45. The molecule has 8 nitrogen and oxygen atoms in total. The van der Waals surface area contributed by atoms with Crippen molar-refractivity contribution < 1.29 is 9.53 Å². The Morgan fingerprint density at radius 2 is 2.15 bits per heavy atom. The lowest BCUT2D eigenvalue weighted by Gasteiger charge is -2.38. The monoisotopic (exact) mass is 354 g/mol. The molecule has 2 aromatic rings. The first-order chi connectivity index (χ1) is 12.7. The van der Waals surface area contributed by atoms with Crippen LogP contribution in [0.4, 0.5) is 5.95 Å². The topological polar surface area (TPSA) is 93.1 Å². The molecule has 26 heavy (non-hydrogen) atoms. The maximum absolute atomic E-state index is 12.6. The van der Waals surface area contributed by atoms with Crippen LogP contribution in [-0.4, -0.2) is 62.1 Å². The van der Waals surface area contributed by atoms with Gasteiger partial charge in [0.15, 0.2) is 0 Å². The number of aromatic nitrogens is 4. The largest absolute Gasteiger partial charge is 0.368 e. The van der Waals surface area contributed by atoms with E-state index >= 15 is 0 Å². The third-order valence-corrected chi connectivity index (χ3v) is 5.03. The van der Waals surface area contributed by atoms with E-state index in [1.54, 1.807) is 30.7 Å². The molecule has 1 spiro atoms. The van der Waals surface area contributed by atoms with Gasteiger partial charge in [-0.05, 0) is 37.8 Å². The van der Waals surface area contributed by atoms with E-state index in [0.717, 1.165) is 25.7 Å². The van der Waals surface area contributed by atoms with Gasteiger partial charge in [0, 0.05) is 31.7 Å². The minimum atomic E-state index is -0.245. The lowest BCUT2D eigenvalue weighted by Crippen LogP contribution is -2.45. The third kappa shape index (κ3) is 3.65. The van der Waals surface area contributed by atoms with E-state index in [1.165, 1.54) is 6.33 Å². The molecule has 4 heterocycles. The molecule has 8 heteroatoms. The van der Waals surface area contributed by atoms with Crippen molar-refractivity contribution in [2.45, 2.75) is 37.4 Å². The van der Waals surface area contributed by atoms with Crippen LogP contribution in [0.1, 0.15) is 36.2 Å². The Bertz CT molecular complexity index is 744. The van der Waals surface area contributed by atoms with Crippen molar-refractivity contribution >= 4 is 11.9 Å². The van der Waals surface area contributed by atoms with Gasteiger partial charge in [0.25, 0.3) is 5.91 Å². The van der Waals surface area contributed by atoms with Crippen LogP contribution in [0.2, 0.25) is 0 Å². The van der Waals surface area contributed by atoms with Crippen LogP contribution >= 0.6 is 0 Å². The highest BCUT2D eigenvalue weighted by Gasteiger charge is 2.44. The van der Waals surface area contributed by atoms with Crippen molar-refractivity contribution in [1.82, 2.24) is 24.8 Å². The smallest absolute Gasteiger partial charge is 0.272 e. The Labute approximate surface area is 152 Å². The van der Waals surface area contributed by atoms with Gasteiger partial charge in [0.05, 0.1) is 18.2 Å². The first-order valence-electron chi connectivity index (χ1n) is 8.98. The molecule has 0 radical (unpaired) electrons. The van der Waals surface area contributed by atoms with Crippen LogP contribution in [0.25, 0.3) is 0 Å². The molecule has 4 rings (SSSR count). The number of carbonyl (C=O) groups is 1.